The minimum absolute atomic E-state index is 0.250. The third-order valence-corrected chi connectivity index (χ3v) is 5.11. The van der Waals surface area contributed by atoms with Gasteiger partial charge in [0, 0.05) is 48.2 Å². The van der Waals surface area contributed by atoms with Crippen LogP contribution in [0.1, 0.15) is 37.8 Å². The van der Waals surface area contributed by atoms with Gasteiger partial charge in [0.05, 0.1) is 0 Å². The Labute approximate surface area is 171 Å². The van der Waals surface area contributed by atoms with Crippen LogP contribution in [0.3, 0.4) is 0 Å². The molecule has 3 aromatic rings. The molecule has 152 valence electrons. The van der Waals surface area contributed by atoms with Crippen LogP contribution in [0.5, 0.6) is 0 Å². The summed E-state index contributed by atoms with van der Waals surface area (Å²) in [5, 5.41) is 9.68. The molecule has 0 saturated carbocycles. The molecular formula is C23H28FN5. The number of H-pyrrole nitrogens is 1. The van der Waals surface area contributed by atoms with Crippen LogP contribution >= 0.6 is 0 Å². The van der Waals surface area contributed by atoms with Gasteiger partial charge in [-0.3, -0.25) is 15.9 Å². The number of aromatic amines is 1. The van der Waals surface area contributed by atoms with E-state index in [0.29, 0.717) is 5.92 Å². The first-order valence-corrected chi connectivity index (χ1v) is 9.99. The Hall–Kier alpha value is -2.83. The summed E-state index contributed by atoms with van der Waals surface area (Å²) in [4.78, 5) is 4.12. The van der Waals surface area contributed by atoms with E-state index in [1.807, 2.05) is 23.2 Å². The van der Waals surface area contributed by atoms with E-state index in [1.165, 1.54) is 12.1 Å². The highest BCUT2D eigenvalue weighted by Crippen LogP contribution is 2.39. The molecule has 1 aromatic carbocycles. The highest BCUT2D eigenvalue weighted by molar-refractivity contribution is 5.82. The van der Waals surface area contributed by atoms with E-state index in [0.717, 1.165) is 60.4 Å². The Kier molecular flexibility index (Phi) is 7.27. The quantitative estimate of drug-likeness (QED) is 0.488. The van der Waals surface area contributed by atoms with Crippen molar-refractivity contribution in [2.24, 2.45) is 5.84 Å². The van der Waals surface area contributed by atoms with Gasteiger partial charge in [-0.2, -0.15) is 5.10 Å². The number of benzene rings is 1. The zero-order valence-corrected chi connectivity index (χ0v) is 16.8. The van der Waals surface area contributed by atoms with E-state index in [-0.39, 0.29) is 5.82 Å². The molecule has 2 aromatic heterocycles. The summed E-state index contributed by atoms with van der Waals surface area (Å²) in [6.07, 6.45) is 8.49. The Morgan fingerprint density at radius 3 is 2.34 bits per heavy atom. The van der Waals surface area contributed by atoms with Crippen molar-refractivity contribution >= 4 is 0 Å². The molecule has 0 radical (unpaired) electrons. The molecule has 0 spiro atoms. The number of nitrogens with zero attached hydrogens (tertiary/aromatic N) is 3. The standard InChI is InChI=1S/C19H20FN5.C4H8/c20-16-3-1-14(2-4-16)18-17(13-5-9-22-10-6-13)19(24-23-18)15-7-11-25(21)12-8-15;1-3-4-2/h1-6,9-10,15H,7-8,11-12,21H2,(H,23,24);3H,1,4H2,2H3. The first kappa shape index (κ1) is 20.9. The number of aromatic nitrogens is 3. The van der Waals surface area contributed by atoms with Crippen LogP contribution in [-0.4, -0.2) is 33.3 Å². The van der Waals surface area contributed by atoms with E-state index in [2.05, 4.69) is 28.7 Å². The molecule has 6 heteroatoms. The predicted molar refractivity (Wildman–Crippen MR) is 115 cm³/mol. The van der Waals surface area contributed by atoms with Gasteiger partial charge in [-0.25, -0.2) is 9.40 Å². The summed E-state index contributed by atoms with van der Waals surface area (Å²) < 4.78 is 13.3. The van der Waals surface area contributed by atoms with Gasteiger partial charge in [0.25, 0.3) is 0 Å². The molecule has 1 saturated heterocycles. The summed E-state index contributed by atoms with van der Waals surface area (Å²) in [6.45, 7) is 7.27. The van der Waals surface area contributed by atoms with Crippen molar-refractivity contribution in [2.45, 2.75) is 32.1 Å². The van der Waals surface area contributed by atoms with E-state index in [9.17, 15) is 4.39 Å². The summed E-state index contributed by atoms with van der Waals surface area (Å²) in [6, 6.07) is 10.4. The zero-order valence-electron chi connectivity index (χ0n) is 16.8. The second-order valence-corrected chi connectivity index (χ2v) is 7.11. The molecule has 1 aliphatic heterocycles. The summed E-state index contributed by atoms with van der Waals surface area (Å²) in [5.74, 6) is 6.03. The van der Waals surface area contributed by atoms with Gasteiger partial charge in [-0.1, -0.05) is 13.0 Å². The SMILES string of the molecule is C=CCC.NN1CCC(c2[nH]nc(-c3ccc(F)cc3)c2-c2ccncc2)CC1. The van der Waals surface area contributed by atoms with Gasteiger partial charge in [0.1, 0.15) is 11.5 Å². The molecule has 3 heterocycles. The number of pyridine rings is 1. The van der Waals surface area contributed by atoms with E-state index >= 15 is 0 Å². The third-order valence-electron chi connectivity index (χ3n) is 5.11. The van der Waals surface area contributed by atoms with Crippen molar-refractivity contribution in [3.05, 3.63) is 73.0 Å². The van der Waals surface area contributed by atoms with Gasteiger partial charge in [-0.05, 0) is 61.2 Å². The van der Waals surface area contributed by atoms with Crippen molar-refractivity contribution < 1.29 is 4.39 Å². The average Bonchev–Trinajstić information content (AvgIpc) is 3.20. The molecular weight excluding hydrogens is 365 g/mol. The minimum atomic E-state index is -0.250. The number of rotatable bonds is 4. The molecule has 0 bridgehead atoms. The molecule has 0 atom stereocenters. The van der Waals surface area contributed by atoms with Crippen molar-refractivity contribution in [3.63, 3.8) is 0 Å². The number of halogens is 1. The van der Waals surface area contributed by atoms with E-state index in [1.54, 1.807) is 24.5 Å². The Morgan fingerprint density at radius 2 is 1.76 bits per heavy atom. The molecule has 0 unspecified atom stereocenters. The maximum Gasteiger partial charge on any atom is 0.123 e. The lowest BCUT2D eigenvalue weighted by molar-refractivity contribution is 0.216. The minimum Gasteiger partial charge on any atom is -0.281 e. The molecule has 4 rings (SSSR count). The first-order chi connectivity index (χ1) is 14.1. The first-order valence-electron chi connectivity index (χ1n) is 9.99. The van der Waals surface area contributed by atoms with Crippen LogP contribution in [0.2, 0.25) is 0 Å². The summed E-state index contributed by atoms with van der Waals surface area (Å²) in [7, 11) is 0. The van der Waals surface area contributed by atoms with Gasteiger partial charge in [0.15, 0.2) is 0 Å². The number of hydrogen-bond acceptors (Lipinski definition) is 4. The lowest BCUT2D eigenvalue weighted by Gasteiger charge is -2.28. The maximum absolute atomic E-state index is 13.3. The van der Waals surface area contributed by atoms with Crippen LogP contribution in [0.4, 0.5) is 4.39 Å². The molecule has 0 aliphatic carbocycles. The van der Waals surface area contributed by atoms with Crippen LogP contribution in [0.25, 0.3) is 22.4 Å². The molecule has 1 fully saturated rings. The molecule has 29 heavy (non-hydrogen) atoms. The van der Waals surface area contributed by atoms with Crippen molar-refractivity contribution in [2.75, 3.05) is 13.1 Å². The topological polar surface area (TPSA) is 70.8 Å². The monoisotopic (exact) mass is 393 g/mol. The van der Waals surface area contributed by atoms with Crippen LogP contribution in [-0.2, 0) is 0 Å². The fourth-order valence-electron chi connectivity index (χ4n) is 3.47. The summed E-state index contributed by atoms with van der Waals surface area (Å²) >= 11 is 0. The number of nitrogens with two attached hydrogens (primary N) is 1. The van der Waals surface area contributed by atoms with E-state index < -0.39 is 0 Å². The normalized spacial score (nSPS) is 14.9. The smallest absolute Gasteiger partial charge is 0.123 e. The highest BCUT2D eigenvalue weighted by Gasteiger charge is 2.26. The van der Waals surface area contributed by atoms with Gasteiger partial charge in [-0.15, -0.1) is 6.58 Å². The van der Waals surface area contributed by atoms with Gasteiger partial charge in [0.2, 0.25) is 0 Å². The number of allylic oxidation sites excluding steroid dienone is 1. The second kappa shape index (κ2) is 10.1. The lowest BCUT2D eigenvalue weighted by Crippen LogP contribution is -2.38. The van der Waals surface area contributed by atoms with Crippen molar-refractivity contribution in [3.8, 4) is 22.4 Å². The van der Waals surface area contributed by atoms with Crippen molar-refractivity contribution in [1.82, 2.24) is 20.2 Å². The fourth-order valence-corrected chi connectivity index (χ4v) is 3.47. The predicted octanol–water partition coefficient (Wildman–Crippen LogP) is 4.91. The van der Waals surface area contributed by atoms with Crippen LogP contribution < -0.4 is 5.84 Å². The highest BCUT2D eigenvalue weighted by atomic mass is 19.1. The number of hydrogen-bond donors (Lipinski definition) is 2. The number of piperidine rings is 1. The fraction of sp³-hybridized carbons (Fsp3) is 0.304. The number of nitrogens with one attached hydrogen (secondary N) is 1. The molecule has 5 nitrogen and oxygen atoms in total. The Morgan fingerprint density at radius 1 is 1.14 bits per heavy atom. The van der Waals surface area contributed by atoms with Gasteiger partial charge >= 0.3 is 0 Å². The Bertz CT molecular complexity index is 897. The lowest BCUT2D eigenvalue weighted by atomic mass is 9.88. The van der Waals surface area contributed by atoms with Gasteiger partial charge < -0.3 is 0 Å². The number of hydrazine groups is 1. The molecule has 0 amide bonds. The van der Waals surface area contributed by atoms with Crippen molar-refractivity contribution in [1.29, 1.82) is 0 Å². The van der Waals surface area contributed by atoms with E-state index in [4.69, 9.17) is 5.84 Å². The molecule has 3 N–H and O–H groups in total. The Balaban J connectivity index is 0.000000552. The maximum atomic E-state index is 13.3. The largest absolute Gasteiger partial charge is 0.281 e. The van der Waals surface area contributed by atoms with Crippen LogP contribution in [0, 0.1) is 5.82 Å². The molecule has 1 aliphatic rings. The summed E-state index contributed by atoms with van der Waals surface area (Å²) in [5.41, 5.74) is 5.00. The zero-order chi connectivity index (χ0) is 20.6. The average molecular weight is 394 g/mol. The third kappa shape index (κ3) is 5.16. The second-order valence-electron chi connectivity index (χ2n) is 7.11. The van der Waals surface area contributed by atoms with Crippen LogP contribution in [0.15, 0.2) is 61.4 Å².